The van der Waals surface area contributed by atoms with Gasteiger partial charge < -0.3 is 5.73 Å². The van der Waals surface area contributed by atoms with Crippen molar-refractivity contribution in [2.75, 3.05) is 11.5 Å². The van der Waals surface area contributed by atoms with Crippen molar-refractivity contribution in [1.82, 2.24) is 0 Å². The van der Waals surface area contributed by atoms with E-state index in [1.165, 1.54) is 0 Å². The predicted molar refractivity (Wildman–Crippen MR) is 65.3 cm³/mol. The molecule has 0 aliphatic carbocycles. The van der Waals surface area contributed by atoms with Crippen molar-refractivity contribution in [2.24, 2.45) is 11.7 Å². The van der Waals surface area contributed by atoms with Crippen molar-refractivity contribution in [3.8, 4) is 0 Å². The van der Waals surface area contributed by atoms with Crippen molar-refractivity contribution in [1.29, 1.82) is 5.41 Å². The molecule has 17 heavy (non-hydrogen) atoms. The lowest BCUT2D eigenvalue weighted by Crippen LogP contribution is -2.17. The third kappa shape index (κ3) is 9.35. The van der Waals surface area contributed by atoms with E-state index < -0.39 is 20.2 Å². The van der Waals surface area contributed by atoms with E-state index in [-0.39, 0.29) is 27.8 Å². The zero-order valence-corrected chi connectivity index (χ0v) is 11.3. The highest BCUT2D eigenvalue weighted by atomic mass is 32.3. The molecule has 1 aliphatic heterocycles. The van der Waals surface area contributed by atoms with Gasteiger partial charge in [0.15, 0.2) is 15.0 Å². The molecule has 0 radical (unpaired) electrons. The van der Waals surface area contributed by atoms with Gasteiger partial charge in [-0.05, 0) is 5.92 Å². The number of nitrogens with one attached hydrogen (secondary N) is 1. The van der Waals surface area contributed by atoms with Crippen LogP contribution in [0, 0.1) is 11.3 Å². The molecule has 0 saturated carbocycles. The lowest BCUT2D eigenvalue weighted by molar-refractivity contribution is 0.381. The van der Waals surface area contributed by atoms with Crippen LogP contribution in [0.25, 0.3) is 0 Å². The van der Waals surface area contributed by atoms with Gasteiger partial charge in [0, 0.05) is 5.25 Å². The van der Waals surface area contributed by atoms with E-state index in [0.29, 0.717) is 0 Å². The molecule has 1 fully saturated rings. The fraction of sp³-hybridized carbons (Fsp3) is 0.833. The van der Waals surface area contributed by atoms with Crippen molar-refractivity contribution < 1.29 is 25.9 Å². The van der Waals surface area contributed by atoms with E-state index in [2.05, 4.69) is 0 Å². The summed E-state index contributed by atoms with van der Waals surface area (Å²) in [5.74, 6) is 0.514. The minimum absolute atomic E-state index is 0.00366. The molecule has 2 unspecified atom stereocenters. The summed E-state index contributed by atoms with van der Waals surface area (Å²) in [5, 5.41) is 7.01. The molecule has 1 aliphatic rings. The molecule has 8 nitrogen and oxygen atoms in total. The maximum absolute atomic E-state index is 11.1. The fourth-order valence-corrected chi connectivity index (χ4v) is 4.97. The third-order valence-corrected chi connectivity index (χ3v) is 5.15. The number of hydrogen-bond donors (Lipinski definition) is 4. The highest BCUT2D eigenvalue weighted by molar-refractivity contribution is 8.14. The summed E-state index contributed by atoms with van der Waals surface area (Å²) in [6.45, 7) is 1.88. The predicted octanol–water partition coefficient (Wildman–Crippen LogP) is -0.607. The van der Waals surface area contributed by atoms with E-state index in [1.807, 2.05) is 6.92 Å². The van der Waals surface area contributed by atoms with Gasteiger partial charge in [0.2, 0.25) is 0 Å². The Bertz CT molecular complexity index is 462. The van der Waals surface area contributed by atoms with Crippen molar-refractivity contribution >= 4 is 37.2 Å². The molecule has 0 aromatic carbocycles. The van der Waals surface area contributed by atoms with Crippen LogP contribution in [0.5, 0.6) is 0 Å². The average molecular weight is 306 g/mol. The molecule has 2 atom stereocenters. The lowest BCUT2D eigenvalue weighted by atomic mass is 10.2. The monoisotopic (exact) mass is 306 g/mol. The van der Waals surface area contributed by atoms with E-state index in [1.54, 1.807) is 0 Å². The maximum atomic E-state index is 11.1. The number of rotatable bonds is 1. The molecule has 0 aromatic heterocycles. The zero-order valence-electron chi connectivity index (χ0n) is 8.90. The van der Waals surface area contributed by atoms with E-state index in [4.69, 9.17) is 28.7 Å². The Morgan fingerprint density at radius 3 is 2.06 bits per heavy atom. The van der Waals surface area contributed by atoms with Crippen molar-refractivity contribution in [2.45, 2.75) is 12.2 Å². The molecule has 5 N–H and O–H groups in total. The van der Waals surface area contributed by atoms with Gasteiger partial charge in [0.25, 0.3) is 0 Å². The topological polar surface area (TPSA) is 159 Å². The average Bonchev–Trinajstić information content (AvgIpc) is 2.18. The van der Waals surface area contributed by atoms with Crippen LogP contribution in [-0.2, 0) is 20.2 Å². The third-order valence-electron chi connectivity index (χ3n) is 1.85. The molecular formula is C6H14N2O6S3. The van der Waals surface area contributed by atoms with Crippen LogP contribution in [0.15, 0.2) is 0 Å². The summed E-state index contributed by atoms with van der Waals surface area (Å²) in [6.07, 6.45) is 0. The summed E-state index contributed by atoms with van der Waals surface area (Å²) < 4.78 is 53.8. The molecule has 1 saturated heterocycles. The molecular weight excluding hydrogens is 292 g/mol. The Morgan fingerprint density at radius 1 is 1.41 bits per heavy atom. The first-order valence-corrected chi connectivity index (χ1v) is 8.41. The van der Waals surface area contributed by atoms with Crippen LogP contribution in [0.4, 0.5) is 0 Å². The Hall–Kier alpha value is -0.360. The van der Waals surface area contributed by atoms with Crippen molar-refractivity contribution in [3.63, 3.8) is 0 Å². The van der Waals surface area contributed by atoms with Gasteiger partial charge in [-0.3, -0.25) is 14.5 Å². The number of thioether (sulfide) groups is 1. The summed E-state index contributed by atoms with van der Waals surface area (Å²) in [5.41, 5.74) is 5.17. The van der Waals surface area contributed by atoms with Gasteiger partial charge in [-0.15, -0.1) is 0 Å². The van der Waals surface area contributed by atoms with Crippen LogP contribution in [-0.4, -0.2) is 47.9 Å². The maximum Gasteiger partial charge on any atom is 0.394 e. The van der Waals surface area contributed by atoms with E-state index in [9.17, 15) is 8.42 Å². The molecule has 1 rings (SSSR count). The molecule has 0 spiro atoms. The van der Waals surface area contributed by atoms with Crippen LogP contribution in [0.1, 0.15) is 6.92 Å². The highest BCUT2D eigenvalue weighted by Gasteiger charge is 2.35. The van der Waals surface area contributed by atoms with Crippen LogP contribution < -0.4 is 5.73 Å². The first-order valence-electron chi connectivity index (χ1n) is 4.31. The van der Waals surface area contributed by atoms with E-state index >= 15 is 0 Å². The molecule has 11 heteroatoms. The molecule has 1 heterocycles. The van der Waals surface area contributed by atoms with Gasteiger partial charge in [0.05, 0.1) is 11.5 Å². The normalized spacial score (nSPS) is 27.0. The van der Waals surface area contributed by atoms with Gasteiger partial charge in [-0.25, -0.2) is 8.42 Å². The lowest BCUT2D eigenvalue weighted by Gasteiger charge is -2.10. The van der Waals surface area contributed by atoms with Crippen LogP contribution >= 0.6 is 11.8 Å². The largest absolute Gasteiger partial charge is 0.394 e. The standard InChI is InChI=1S/C6H12N2O2S2.H2O4S/c1-4-2-12(9,10)3-5(4)11-6(7)8;1-5(2,3)4/h4-5H,2-3H2,1H3,(H3,7,8);(H2,1,2,3,4). The first-order chi connectivity index (χ1) is 7.41. The second-order valence-electron chi connectivity index (χ2n) is 3.52. The molecule has 0 aromatic rings. The molecule has 0 bridgehead atoms. The summed E-state index contributed by atoms with van der Waals surface area (Å²) in [6, 6.07) is 0. The fourth-order valence-electron chi connectivity index (χ4n) is 1.30. The quantitative estimate of drug-likeness (QED) is 0.284. The SMILES string of the molecule is CC1CS(=O)(=O)CC1SC(=N)N.O=S(=O)(O)O. The number of sulfone groups is 1. The van der Waals surface area contributed by atoms with Crippen LogP contribution in [0.2, 0.25) is 0 Å². The zero-order chi connectivity index (χ0) is 13.9. The van der Waals surface area contributed by atoms with Crippen molar-refractivity contribution in [3.05, 3.63) is 0 Å². The second-order valence-corrected chi connectivity index (χ2v) is 7.85. The first kappa shape index (κ1) is 16.6. The summed E-state index contributed by atoms with van der Waals surface area (Å²) >= 11 is 1.15. The minimum atomic E-state index is -4.67. The smallest absolute Gasteiger partial charge is 0.379 e. The van der Waals surface area contributed by atoms with Gasteiger partial charge in [-0.2, -0.15) is 8.42 Å². The van der Waals surface area contributed by atoms with Gasteiger partial charge >= 0.3 is 10.4 Å². The number of nitrogens with two attached hydrogens (primary N) is 1. The minimum Gasteiger partial charge on any atom is -0.379 e. The highest BCUT2D eigenvalue weighted by Crippen LogP contribution is 2.28. The molecule has 0 amide bonds. The Labute approximate surface area is 104 Å². The van der Waals surface area contributed by atoms with E-state index in [0.717, 1.165) is 11.8 Å². The second kappa shape index (κ2) is 6.00. The summed E-state index contributed by atoms with van der Waals surface area (Å²) in [4.78, 5) is 0. The number of hydrogen-bond acceptors (Lipinski definition) is 6. The van der Waals surface area contributed by atoms with Crippen LogP contribution in [0.3, 0.4) is 0 Å². The number of amidine groups is 1. The molecule has 102 valence electrons. The summed E-state index contributed by atoms with van der Waals surface area (Å²) in [7, 11) is -7.53. The van der Waals surface area contributed by atoms with Gasteiger partial charge in [0.1, 0.15) is 0 Å². The Morgan fingerprint density at radius 2 is 1.82 bits per heavy atom. The Balaban J connectivity index is 0.000000437. The van der Waals surface area contributed by atoms with Gasteiger partial charge in [-0.1, -0.05) is 18.7 Å². The Kier molecular flexibility index (Phi) is 5.87.